The zero-order valence-electron chi connectivity index (χ0n) is 11.6. The molecule has 0 aliphatic rings. The average Bonchev–Trinajstić information content (AvgIpc) is 2.48. The monoisotopic (exact) mass is 414 g/mol. The zero-order valence-corrected chi connectivity index (χ0v) is 14.7. The highest BCUT2D eigenvalue weighted by Crippen LogP contribution is 2.11. The predicted octanol–water partition coefficient (Wildman–Crippen LogP) is 4.45. The van der Waals surface area contributed by atoms with E-state index in [9.17, 15) is 4.79 Å². The van der Waals surface area contributed by atoms with Crippen LogP contribution in [0.2, 0.25) is 0 Å². The van der Waals surface area contributed by atoms with E-state index in [2.05, 4.69) is 31.9 Å². The third-order valence-electron chi connectivity index (χ3n) is 2.45. The second-order valence-electron chi connectivity index (χ2n) is 4.19. The number of hydrogen-bond donors (Lipinski definition) is 1. The first-order chi connectivity index (χ1) is 10.0. The SMILES string of the molecule is CC(=O)OCc1ccc(Br)cc1.OCc1ccc(Br)cc1. The molecule has 0 unspecified atom stereocenters. The molecule has 1 N–H and O–H groups in total. The van der Waals surface area contributed by atoms with Gasteiger partial charge in [0.05, 0.1) is 6.61 Å². The van der Waals surface area contributed by atoms with Gasteiger partial charge in [0.1, 0.15) is 6.61 Å². The van der Waals surface area contributed by atoms with Crippen molar-refractivity contribution in [2.24, 2.45) is 0 Å². The third kappa shape index (κ3) is 7.99. The van der Waals surface area contributed by atoms with Gasteiger partial charge in [0.25, 0.3) is 0 Å². The van der Waals surface area contributed by atoms with Crippen LogP contribution < -0.4 is 0 Å². The molecule has 0 aromatic heterocycles. The van der Waals surface area contributed by atoms with E-state index in [0.29, 0.717) is 6.61 Å². The van der Waals surface area contributed by atoms with Crippen LogP contribution in [0.4, 0.5) is 0 Å². The molecule has 2 rings (SSSR count). The molecule has 0 spiro atoms. The number of hydrogen-bond acceptors (Lipinski definition) is 3. The number of aliphatic hydroxyl groups excluding tert-OH is 1. The van der Waals surface area contributed by atoms with E-state index < -0.39 is 0 Å². The van der Waals surface area contributed by atoms with Gasteiger partial charge in [-0.2, -0.15) is 0 Å². The summed E-state index contributed by atoms with van der Waals surface area (Å²) in [5, 5.41) is 8.61. The molecule has 112 valence electrons. The van der Waals surface area contributed by atoms with Crippen molar-refractivity contribution in [3.63, 3.8) is 0 Å². The van der Waals surface area contributed by atoms with E-state index in [1.165, 1.54) is 6.92 Å². The number of benzene rings is 2. The molecule has 0 saturated heterocycles. The molecule has 0 bridgehead atoms. The molecule has 3 nitrogen and oxygen atoms in total. The molecule has 0 heterocycles. The highest BCUT2D eigenvalue weighted by molar-refractivity contribution is 9.10. The third-order valence-corrected chi connectivity index (χ3v) is 3.51. The minimum Gasteiger partial charge on any atom is -0.461 e. The molecule has 0 amide bonds. The standard InChI is InChI=1S/C9H9BrO2.C7H7BrO/c1-7(11)12-6-8-2-4-9(10)5-3-8;8-7-3-1-6(5-9)2-4-7/h2-5H,6H2,1H3;1-4,9H,5H2. The van der Waals surface area contributed by atoms with Crippen LogP contribution in [0.1, 0.15) is 18.1 Å². The van der Waals surface area contributed by atoms with Crippen LogP contribution in [-0.2, 0) is 22.7 Å². The van der Waals surface area contributed by atoms with Gasteiger partial charge in [0, 0.05) is 15.9 Å². The molecule has 5 heteroatoms. The second-order valence-corrected chi connectivity index (χ2v) is 6.02. The van der Waals surface area contributed by atoms with Crippen molar-refractivity contribution >= 4 is 37.8 Å². The Bertz CT molecular complexity index is 551. The highest BCUT2D eigenvalue weighted by Gasteiger charge is 1.95. The van der Waals surface area contributed by atoms with Crippen LogP contribution in [0.15, 0.2) is 57.5 Å². The van der Waals surface area contributed by atoms with E-state index in [1.54, 1.807) is 0 Å². The van der Waals surface area contributed by atoms with E-state index in [-0.39, 0.29) is 12.6 Å². The van der Waals surface area contributed by atoms with E-state index >= 15 is 0 Å². The highest BCUT2D eigenvalue weighted by atomic mass is 79.9. The number of carbonyl (C=O) groups is 1. The molecule has 2 aromatic rings. The summed E-state index contributed by atoms with van der Waals surface area (Å²) < 4.78 is 6.88. The topological polar surface area (TPSA) is 46.5 Å². The average molecular weight is 416 g/mol. The summed E-state index contributed by atoms with van der Waals surface area (Å²) in [6.45, 7) is 1.87. The van der Waals surface area contributed by atoms with Gasteiger partial charge in [-0.15, -0.1) is 0 Å². The first-order valence-electron chi connectivity index (χ1n) is 6.24. The number of esters is 1. The molecule has 0 saturated carbocycles. The first kappa shape index (κ1) is 17.9. The lowest BCUT2D eigenvalue weighted by molar-refractivity contribution is -0.142. The van der Waals surface area contributed by atoms with E-state index in [0.717, 1.165) is 20.1 Å². The minimum atomic E-state index is -0.252. The summed E-state index contributed by atoms with van der Waals surface area (Å²) in [5.74, 6) is -0.252. The maximum atomic E-state index is 10.5. The largest absolute Gasteiger partial charge is 0.461 e. The number of aliphatic hydroxyl groups is 1. The number of carbonyl (C=O) groups excluding carboxylic acids is 1. The van der Waals surface area contributed by atoms with Gasteiger partial charge in [-0.05, 0) is 35.4 Å². The number of halogens is 2. The van der Waals surface area contributed by atoms with Crippen LogP contribution in [0, 0.1) is 0 Å². The fourth-order valence-corrected chi connectivity index (χ4v) is 1.88. The number of ether oxygens (including phenoxy) is 1. The van der Waals surface area contributed by atoms with E-state index in [4.69, 9.17) is 9.84 Å². The van der Waals surface area contributed by atoms with Crippen molar-refractivity contribution in [3.05, 3.63) is 68.6 Å². The molecule has 0 fully saturated rings. The van der Waals surface area contributed by atoms with E-state index in [1.807, 2.05) is 48.5 Å². The van der Waals surface area contributed by atoms with Crippen LogP contribution >= 0.6 is 31.9 Å². The lowest BCUT2D eigenvalue weighted by Crippen LogP contribution is -1.98. The summed E-state index contributed by atoms with van der Waals surface area (Å²) in [4.78, 5) is 10.5. The van der Waals surface area contributed by atoms with Crippen molar-refractivity contribution in [2.45, 2.75) is 20.1 Å². The summed E-state index contributed by atoms with van der Waals surface area (Å²) in [5.41, 5.74) is 1.94. The Kier molecular flexibility index (Phi) is 8.27. The number of rotatable bonds is 3. The van der Waals surface area contributed by atoms with Gasteiger partial charge in [-0.1, -0.05) is 56.1 Å². The minimum absolute atomic E-state index is 0.118. The van der Waals surface area contributed by atoms with Gasteiger partial charge in [0.15, 0.2) is 0 Å². The quantitative estimate of drug-likeness (QED) is 0.753. The molecule has 0 atom stereocenters. The Morgan fingerprint density at radius 3 is 1.76 bits per heavy atom. The molecular weight excluding hydrogens is 400 g/mol. The van der Waals surface area contributed by atoms with Crippen molar-refractivity contribution in [2.75, 3.05) is 0 Å². The van der Waals surface area contributed by atoms with Gasteiger partial charge in [-0.25, -0.2) is 0 Å². The Morgan fingerprint density at radius 1 is 0.952 bits per heavy atom. The lowest BCUT2D eigenvalue weighted by Gasteiger charge is -2.01. The van der Waals surface area contributed by atoms with Crippen LogP contribution in [0.3, 0.4) is 0 Å². The normalized spacial score (nSPS) is 9.52. The van der Waals surface area contributed by atoms with Gasteiger partial charge in [-0.3, -0.25) is 4.79 Å². The molecule has 0 radical (unpaired) electrons. The Morgan fingerprint density at radius 2 is 1.38 bits per heavy atom. The molecular formula is C16H16Br2O3. The summed E-state index contributed by atoms with van der Waals surface area (Å²) in [7, 11) is 0. The van der Waals surface area contributed by atoms with Gasteiger partial charge >= 0.3 is 5.97 Å². The smallest absolute Gasteiger partial charge is 0.302 e. The van der Waals surface area contributed by atoms with Crippen molar-refractivity contribution in [1.82, 2.24) is 0 Å². The van der Waals surface area contributed by atoms with Crippen LogP contribution in [-0.4, -0.2) is 11.1 Å². The van der Waals surface area contributed by atoms with Crippen molar-refractivity contribution in [3.8, 4) is 0 Å². The summed E-state index contributed by atoms with van der Waals surface area (Å²) in [6, 6.07) is 15.2. The van der Waals surface area contributed by atoms with Gasteiger partial charge in [0.2, 0.25) is 0 Å². The molecule has 2 aromatic carbocycles. The first-order valence-corrected chi connectivity index (χ1v) is 7.83. The van der Waals surface area contributed by atoms with Crippen molar-refractivity contribution < 1.29 is 14.6 Å². The molecule has 0 aliphatic heterocycles. The van der Waals surface area contributed by atoms with Gasteiger partial charge < -0.3 is 9.84 Å². The van der Waals surface area contributed by atoms with Crippen LogP contribution in [0.25, 0.3) is 0 Å². The maximum Gasteiger partial charge on any atom is 0.302 e. The molecule has 0 aliphatic carbocycles. The summed E-state index contributed by atoms with van der Waals surface area (Å²) >= 11 is 6.61. The predicted molar refractivity (Wildman–Crippen MR) is 89.7 cm³/mol. The maximum absolute atomic E-state index is 10.5. The second kappa shape index (κ2) is 9.71. The molecule has 21 heavy (non-hydrogen) atoms. The Labute approximate surface area is 141 Å². The lowest BCUT2D eigenvalue weighted by atomic mass is 10.2. The Hall–Kier alpha value is -1.17. The fourth-order valence-electron chi connectivity index (χ4n) is 1.36. The summed E-state index contributed by atoms with van der Waals surface area (Å²) in [6.07, 6.45) is 0. The van der Waals surface area contributed by atoms with Crippen molar-refractivity contribution in [1.29, 1.82) is 0 Å². The zero-order chi connectivity index (χ0) is 15.7. The Balaban J connectivity index is 0.000000219. The van der Waals surface area contributed by atoms with Crippen LogP contribution in [0.5, 0.6) is 0 Å². The fraction of sp³-hybridized carbons (Fsp3) is 0.188.